The number of hydrogen-bond acceptors (Lipinski definition) is 4. The normalized spacial score (nSPS) is 16.8. The van der Waals surface area contributed by atoms with Gasteiger partial charge in [0.1, 0.15) is 12.7 Å². The summed E-state index contributed by atoms with van der Waals surface area (Å²) in [6.07, 6.45) is 8.81. The highest BCUT2D eigenvalue weighted by atomic mass is 16.2. The Bertz CT molecular complexity index is 863. The lowest BCUT2D eigenvalue weighted by Gasteiger charge is -2.25. The van der Waals surface area contributed by atoms with Crippen LogP contribution >= 0.6 is 0 Å². The topological polar surface area (TPSA) is 63.9 Å². The van der Waals surface area contributed by atoms with Crippen molar-refractivity contribution in [3.63, 3.8) is 0 Å². The van der Waals surface area contributed by atoms with Crippen LogP contribution in [0.25, 0.3) is 5.82 Å². The number of rotatable bonds is 5. The molecule has 6 heteroatoms. The van der Waals surface area contributed by atoms with Crippen LogP contribution in [0.4, 0.5) is 0 Å². The van der Waals surface area contributed by atoms with Crippen molar-refractivity contribution in [1.82, 2.24) is 24.6 Å². The fourth-order valence-electron chi connectivity index (χ4n) is 3.55. The molecule has 1 saturated heterocycles. The Morgan fingerprint density at radius 3 is 2.88 bits per heavy atom. The molecule has 3 aromatic rings. The van der Waals surface area contributed by atoms with Gasteiger partial charge in [-0.1, -0.05) is 30.3 Å². The molecule has 0 unspecified atom stereocenters. The van der Waals surface area contributed by atoms with Crippen molar-refractivity contribution in [1.29, 1.82) is 0 Å². The summed E-state index contributed by atoms with van der Waals surface area (Å²) in [6, 6.07) is 14.3. The van der Waals surface area contributed by atoms with Gasteiger partial charge in [0.15, 0.2) is 5.82 Å². The predicted molar refractivity (Wildman–Crippen MR) is 98.0 cm³/mol. The van der Waals surface area contributed by atoms with Crippen molar-refractivity contribution in [2.24, 2.45) is 0 Å². The molecule has 0 spiro atoms. The molecule has 1 atom stereocenters. The smallest absolute Gasteiger partial charge is 0.254 e. The molecule has 132 valence electrons. The molecule has 1 aliphatic heterocycles. The third kappa shape index (κ3) is 3.49. The van der Waals surface area contributed by atoms with Gasteiger partial charge in [0, 0.05) is 24.3 Å². The first-order chi connectivity index (χ1) is 12.8. The molecule has 6 nitrogen and oxygen atoms in total. The molecule has 2 aromatic heterocycles. The largest absolute Gasteiger partial charge is 0.336 e. The quantitative estimate of drug-likeness (QED) is 0.712. The van der Waals surface area contributed by atoms with Crippen LogP contribution in [0.2, 0.25) is 0 Å². The zero-order chi connectivity index (χ0) is 17.8. The summed E-state index contributed by atoms with van der Waals surface area (Å²) in [6.45, 7) is 0.819. The van der Waals surface area contributed by atoms with Crippen molar-refractivity contribution in [2.75, 3.05) is 6.54 Å². The maximum absolute atomic E-state index is 13.0. The van der Waals surface area contributed by atoms with Crippen LogP contribution in [0.5, 0.6) is 0 Å². The number of aryl methyl sites for hydroxylation is 1. The average Bonchev–Trinajstić information content (AvgIpc) is 3.39. The second-order valence-corrected chi connectivity index (χ2v) is 6.56. The zero-order valence-electron chi connectivity index (χ0n) is 14.5. The minimum atomic E-state index is 0.0735. The van der Waals surface area contributed by atoms with Crippen LogP contribution in [-0.4, -0.2) is 43.1 Å². The summed E-state index contributed by atoms with van der Waals surface area (Å²) < 4.78 is 1.56. The Morgan fingerprint density at radius 2 is 2.08 bits per heavy atom. The number of nitrogens with zero attached hydrogens (tertiary/aromatic N) is 5. The molecule has 26 heavy (non-hydrogen) atoms. The molecule has 0 N–H and O–H groups in total. The van der Waals surface area contributed by atoms with Crippen molar-refractivity contribution < 1.29 is 4.79 Å². The lowest BCUT2D eigenvalue weighted by molar-refractivity contribution is 0.0730. The molecule has 0 bridgehead atoms. The molecule has 1 fully saturated rings. The van der Waals surface area contributed by atoms with E-state index in [9.17, 15) is 4.79 Å². The van der Waals surface area contributed by atoms with Crippen LogP contribution in [0.15, 0.2) is 61.3 Å². The van der Waals surface area contributed by atoms with E-state index in [-0.39, 0.29) is 5.91 Å². The van der Waals surface area contributed by atoms with Gasteiger partial charge in [-0.15, -0.1) is 0 Å². The predicted octanol–water partition coefficient (Wildman–Crippen LogP) is 2.90. The second kappa shape index (κ2) is 7.47. The first-order valence-corrected chi connectivity index (χ1v) is 8.97. The minimum absolute atomic E-state index is 0.0735. The van der Waals surface area contributed by atoms with E-state index in [1.807, 2.05) is 11.0 Å². The van der Waals surface area contributed by atoms with Gasteiger partial charge in [-0.3, -0.25) is 4.79 Å². The number of benzene rings is 1. The van der Waals surface area contributed by atoms with Gasteiger partial charge >= 0.3 is 0 Å². The van der Waals surface area contributed by atoms with E-state index in [0.717, 1.165) is 32.2 Å². The van der Waals surface area contributed by atoms with Gasteiger partial charge in [0.05, 0.1) is 0 Å². The fourth-order valence-corrected chi connectivity index (χ4v) is 3.55. The fraction of sp³-hybridized carbons (Fsp3) is 0.300. The van der Waals surface area contributed by atoms with Crippen molar-refractivity contribution in [3.05, 3.63) is 72.4 Å². The Hall–Kier alpha value is -3.02. The van der Waals surface area contributed by atoms with E-state index in [1.54, 1.807) is 29.3 Å². The average molecular weight is 347 g/mol. The van der Waals surface area contributed by atoms with Gasteiger partial charge in [-0.25, -0.2) is 14.6 Å². The summed E-state index contributed by atoms with van der Waals surface area (Å²) in [4.78, 5) is 23.3. The maximum atomic E-state index is 13.0. The van der Waals surface area contributed by atoms with Crippen molar-refractivity contribution in [2.45, 2.75) is 31.7 Å². The molecule has 1 amide bonds. The highest BCUT2D eigenvalue weighted by molar-refractivity contribution is 5.94. The second-order valence-electron chi connectivity index (χ2n) is 6.56. The molecule has 0 aliphatic carbocycles. The highest BCUT2D eigenvalue weighted by Gasteiger charge is 2.29. The van der Waals surface area contributed by atoms with Crippen LogP contribution in [0, 0.1) is 0 Å². The van der Waals surface area contributed by atoms with E-state index in [0.29, 0.717) is 17.4 Å². The van der Waals surface area contributed by atoms with Gasteiger partial charge in [0.2, 0.25) is 0 Å². The Labute approximate surface area is 152 Å². The van der Waals surface area contributed by atoms with Gasteiger partial charge in [-0.2, -0.15) is 5.10 Å². The first-order valence-electron chi connectivity index (χ1n) is 8.97. The lowest BCUT2D eigenvalue weighted by atomic mass is 10.0. The molecular formula is C20H21N5O. The molecule has 0 saturated carbocycles. The number of pyridine rings is 1. The number of aromatic nitrogens is 4. The molecule has 1 aliphatic rings. The van der Waals surface area contributed by atoms with Gasteiger partial charge < -0.3 is 4.90 Å². The van der Waals surface area contributed by atoms with E-state index >= 15 is 0 Å². The Balaban J connectivity index is 1.47. The molecular weight excluding hydrogens is 326 g/mol. The maximum Gasteiger partial charge on any atom is 0.254 e. The SMILES string of the molecule is O=C(c1ccnc(-n2cncn2)c1)N1CCC[C@H]1CCc1ccccc1. The van der Waals surface area contributed by atoms with Gasteiger partial charge in [0.25, 0.3) is 5.91 Å². The lowest BCUT2D eigenvalue weighted by Crippen LogP contribution is -2.35. The standard InChI is InChI=1S/C20H21N5O/c26-20(17-10-11-22-19(13-17)25-15-21-14-23-25)24-12-4-7-18(24)9-8-16-5-2-1-3-6-16/h1-3,5-6,10-11,13-15,18H,4,7-9,12H2/t18-/m0/s1. The monoisotopic (exact) mass is 347 g/mol. The number of likely N-dealkylation sites (tertiary alicyclic amines) is 1. The molecule has 1 aromatic carbocycles. The van der Waals surface area contributed by atoms with Crippen molar-refractivity contribution >= 4 is 5.91 Å². The van der Waals surface area contributed by atoms with Crippen LogP contribution in [0.3, 0.4) is 0 Å². The molecule has 4 rings (SSSR count). The van der Waals surface area contributed by atoms with E-state index in [4.69, 9.17) is 0 Å². The number of hydrogen-bond donors (Lipinski definition) is 0. The summed E-state index contributed by atoms with van der Waals surface area (Å²) in [7, 11) is 0. The number of carbonyl (C=O) groups excluding carboxylic acids is 1. The third-order valence-corrected chi connectivity index (χ3v) is 4.89. The van der Waals surface area contributed by atoms with E-state index < -0.39 is 0 Å². The number of amides is 1. The van der Waals surface area contributed by atoms with Gasteiger partial charge in [-0.05, 0) is 43.4 Å². The third-order valence-electron chi connectivity index (χ3n) is 4.89. The van der Waals surface area contributed by atoms with Crippen LogP contribution in [0.1, 0.15) is 35.2 Å². The zero-order valence-corrected chi connectivity index (χ0v) is 14.5. The first kappa shape index (κ1) is 16.4. The summed E-state index contributed by atoms with van der Waals surface area (Å²) in [5.74, 6) is 0.678. The highest BCUT2D eigenvalue weighted by Crippen LogP contribution is 2.24. The Kier molecular flexibility index (Phi) is 4.73. The van der Waals surface area contributed by atoms with Crippen LogP contribution < -0.4 is 0 Å². The Morgan fingerprint density at radius 1 is 1.19 bits per heavy atom. The van der Waals surface area contributed by atoms with E-state index in [2.05, 4.69) is 39.3 Å². The summed E-state index contributed by atoms with van der Waals surface area (Å²) >= 11 is 0. The number of carbonyl (C=O) groups is 1. The molecule has 0 radical (unpaired) electrons. The van der Waals surface area contributed by atoms with E-state index in [1.165, 1.54) is 11.9 Å². The molecule has 3 heterocycles. The van der Waals surface area contributed by atoms with Crippen LogP contribution in [-0.2, 0) is 6.42 Å². The summed E-state index contributed by atoms with van der Waals surface area (Å²) in [5.41, 5.74) is 1.97. The summed E-state index contributed by atoms with van der Waals surface area (Å²) in [5, 5.41) is 4.08. The van der Waals surface area contributed by atoms with Crippen molar-refractivity contribution in [3.8, 4) is 5.82 Å². The minimum Gasteiger partial charge on any atom is -0.336 e.